The topological polar surface area (TPSA) is 155 Å². The Labute approximate surface area is 257 Å². The highest BCUT2D eigenvalue weighted by Crippen LogP contribution is 2.21. The van der Waals surface area contributed by atoms with E-state index in [4.69, 9.17) is 9.47 Å². The molecule has 236 valence electrons. The molecule has 0 spiro atoms. The first-order valence-corrected chi connectivity index (χ1v) is 15.2. The van der Waals surface area contributed by atoms with Crippen molar-refractivity contribution in [2.24, 2.45) is 0 Å². The zero-order valence-corrected chi connectivity index (χ0v) is 25.0. The maximum Gasteiger partial charge on any atom is 0.255 e. The second-order valence-corrected chi connectivity index (χ2v) is 10.7. The van der Waals surface area contributed by atoms with Crippen LogP contribution in [0.1, 0.15) is 48.5 Å². The molecule has 1 fully saturated rings. The molecule has 2 aromatic carbocycles. The van der Waals surface area contributed by atoms with Crippen LogP contribution in [0.3, 0.4) is 0 Å². The Hall–Kier alpha value is -4.45. The molecule has 3 atom stereocenters. The molecule has 0 unspecified atom stereocenters. The highest BCUT2D eigenvalue weighted by Gasteiger charge is 2.38. The van der Waals surface area contributed by atoms with Gasteiger partial charge in [-0.1, -0.05) is 42.5 Å². The van der Waals surface area contributed by atoms with Crippen molar-refractivity contribution in [3.05, 3.63) is 65.7 Å². The number of hydrogen-bond donors (Lipinski definition) is 4. The van der Waals surface area contributed by atoms with E-state index in [1.165, 1.54) is 4.90 Å². The molecule has 2 heterocycles. The fraction of sp³-hybridized carbons (Fsp3) is 0.469. The summed E-state index contributed by atoms with van der Waals surface area (Å²) in [6.07, 6.45) is 1.37. The van der Waals surface area contributed by atoms with Crippen molar-refractivity contribution in [1.82, 2.24) is 26.2 Å². The summed E-state index contributed by atoms with van der Waals surface area (Å²) in [5, 5.41) is 11.2. The van der Waals surface area contributed by atoms with Crippen LogP contribution in [-0.4, -0.2) is 92.0 Å². The summed E-state index contributed by atoms with van der Waals surface area (Å²) in [6, 6.07) is 13.1. The quantitative estimate of drug-likeness (QED) is 0.342. The number of nitrogens with one attached hydrogen (secondary N) is 4. The first-order valence-electron chi connectivity index (χ1n) is 15.2. The number of amides is 5. The molecular formula is C32H41N5O7. The number of hydrogen-bond acceptors (Lipinski definition) is 7. The Bertz CT molecular complexity index is 1300. The summed E-state index contributed by atoms with van der Waals surface area (Å²) in [6.45, 7) is 3.60. The van der Waals surface area contributed by atoms with Gasteiger partial charge < -0.3 is 35.6 Å². The van der Waals surface area contributed by atoms with E-state index in [1.54, 1.807) is 24.3 Å². The van der Waals surface area contributed by atoms with Gasteiger partial charge in [0.2, 0.25) is 23.6 Å². The summed E-state index contributed by atoms with van der Waals surface area (Å²) in [7, 11) is 0. The standard InChI is InChI=1S/C32H41N5O7/c1-2-43-19-16-34-31(41)25-21-28(38)37-17-8-13-26(37)32(42)36-24(20-22-10-4-3-5-11-22)30(40)33-15-9-18-44-27-14-7-6-12-23(27)29(39)35-25/h3-7,10-12,14,24-26H,2,8-9,13,15-21H2,1H3,(H,33,40)(H,34,41)(H,35,39)(H,36,42)/t24-,25-,26+/m0/s1. The van der Waals surface area contributed by atoms with Gasteiger partial charge in [-0.05, 0) is 43.9 Å². The fourth-order valence-corrected chi connectivity index (χ4v) is 5.29. The molecule has 0 aliphatic carbocycles. The van der Waals surface area contributed by atoms with Crippen molar-refractivity contribution in [2.75, 3.05) is 39.5 Å². The largest absolute Gasteiger partial charge is 0.493 e. The predicted molar refractivity (Wildman–Crippen MR) is 162 cm³/mol. The number of benzene rings is 2. The Kier molecular flexibility index (Phi) is 12.1. The number of carbonyl (C=O) groups excluding carboxylic acids is 5. The highest BCUT2D eigenvalue weighted by atomic mass is 16.5. The van der Waals surface area contributed by atoms with Crippen molar-refractivity contribution < 1.29 is 33.4 Å². The molecule has 4 N–H and O–H groups in total. The molecule has 0 saturated carbocycles. The van der Waals surface area contributed by atoms with Gasteiger partial charge in [0.1, 0.15) is 23.9 Å². The van der Waals surface area contributed by atoms with E-state index in [-0.39, 0.29) is 50.6 Å². The zero-order chi connectivity index (χ0) is 31.3. The minimum atomic E-state index is -1.20. The molecule has 12 heteroatoms. The predicted octanol–water partition coefficient (Wildman–Crippen LogP) is 0.945. The van der Waals surface area contributed by atoms with Gasteiger partial charge in [-0.15, -0.1) is 0 Å². The molecule has 44 heavy (non-hydrogen) atoms. The lowest BCUT2D eigenvalue weighted by molar-refractivity contribution is -0.140. The molecule has 2 aliphatic heterocycles. The van der Waals surface area contributed by atoms with E-state index < -0.39 is 41.8 Å². The fourth-order valence-electron chi connectivity index (χ4n) is 5.29. The SMILES string of the molecule is CCOCCNC(=O)[C@@H]1CC(=O)N2CCC[C@@H]2C(=O)N[C@@H](Cc2ccccc2)C(=O)NCCCOc2ccccc2C(=O)N1. The molecule has 2 aliphatic rings. The van der Waals surface area contributed by atoms with E-state index in [9.17, 15) is 24.0 Å². The van der Waals surface area contributed by atoms with Gasteiger partial charge in [-0.2, -0.15) is 0 Å². The Morgan fingerprint density at radius 2 is 1.77 bits per heavy atom. The molecule has 0 bridgehead atoms. The third-order valence-electron chi connectivity index (χ3n) is 7.55. The van der Waals surface area contributed by atoms with E-state index in [0.717, 1.165) is 5.56 Å². The number of rotatable bonds is 7. The lowest BCUT2D eigenvalue weighted by atomic mass is 10.0. The molecule has 4 rings (SSSR count). The van der Waals surface area contributed by atoms with Crippen LogP contribution < -0.4 is 26.0 Å². The number of carbonyl (C=O) groups is 5. The summed E-state index contributed by atoms with van der Waals surface area (Å²) < 4.78 is 11.2. The number of nitrogens with zero attached hydrogens (tertiary/aromatic N) is 1. The van der Waals surface area contributed by atoms with E-state index >= 15 is 0 Å². The second kappa shape index (κ2) is 16.4. The van der Waals surface area contributed by atoms with Gasteiger partial charge in [0.25, 0.3) is 5.91 Å². The van der Waals surface area contributed by atoms with Crippen LogP contribution >= 0.6 is 0 Å². The molecule has 0 radical (unpaired) electrons. The van der Waals surface area contributed by atoms with Gasteiger partial charge in [0.05, 0.1) is 25.2 Å². The average Bonchev–Trinajstić information content (AvgIpc) is 3.53. The molecule has 1 saturated heterocycles. The summed E-state index contributed by atoms with van der Waals surface area (Å²) in [5.74, 6) is -2.04. The Morgan fingerprint density at radius 3 is 2.57 bits per heavy atom. The normalized spacial score (nSPS) is 21.8. The van der Waals surface area contributed by atoms with Gasteiger partial charge >= 0.3 is 0 Å². The van der Waals surface area contributed by atoms with Crippen molar-refractivity contribution >= 4 is 29.5 Å². The van der Waals surface area contributed by atoms with Gasteiger partial charge in [-0.25, -0.2) is 0 Å². The van der Waals surface area contributed by atoms with Crippen LogP contribution in [-0.2, 0) is 30.3 Å². The van der Waals surface area contributed by atoms with Gasteiger partial charge in [0.15, 0.2) is 0 Å². The number of ether oxygens (including phenoxy) is 2. The zero-order valence-electron chi connectivity index (χ0n) is 25.0. The van der Waals surface area contributed by atoms with Crippen molar-refractivity contribution in [3.8, 4) is 5.75 Å². The molecule has 12 nitrogen and oxygen atoms in total. The maximum absolute atomic E-state index is 13.6. The van der Waals surface area contributed by atoms with Crippen LogP contribution in [0.15, 0.2) is 54.6 Å². The lowest BCUT2D eigenvalue weighted by Crippen LogP contribution is -2.55. The average molecular weight is 608 g/mol. The maximum atomic E-state index is 13.6. The minimum absolute atomic E-state index is 0.201. The summed E-state index contributed by atoms with van der Waals surface area (Å²) in [5.41, 5.74) is 1.09. The number of para-hydroxylation sites is 1. The van der Waals surface area contributed by atoms with E-state index in [0.29, 0.717) is 38.2 Å². The van der Waals surface area contributed by atoms with Crippen molar-refractivity contribution in [3.63, 3.8) is 0 Å². The summed E-state index contributed by atoms with van der Waals surface area (Å²) >= 11 is 0. The first kappa shape index (κ1) is 32.5. The highest BCUT2D eigenvalue weighted by molar-refractivity contribution is 6.01. The molecular weight excluding hydrogens is 566 g/mol. The van der Waals surface area contributed by atoms with Crippen LogP contribution in [0.25, 0.3) is 0 Å². The monoisotopic (exact) mass is 607 g/mol. The third-order valence-corrected chi connectivity index (χ3v) is 7.55. The van der Waals surface area contributed by atoms with Gasteiger partial charge in [-0.3, -0.25) is 24.0 Å². The smallest absolute Gasteiger partial charge is 0.255 e. The van der Waals surface area contributed by atoms with Crippen LogP contribution in [0.2, 0.25) is 0 Å². The first-order chi connectivity index (χ1) is 21.4. The Balaban J connectivity index is 1.59. The van der Waals surface area contributed by atoms with Crippen molar-refractivity contribution in [2.45, 2.75) is 57.2 Å². The van der Waals surface area contributed by atoms with Crippen LogP contribution in [0.5, 0.6) is 5.75 Å². The molecule has 0 aromatic heterocycles. The van der Waals surface area contributed by atoms with Crippen LogP contribution in [0.4, 0.5) is 0 Å². The molecule has 5 amide bonds. The lowest BCUT2D eigenvalue weighted by Gasteiger charge is -2.28. The van der Waals surface area contributed by atoms with Crippen LogP contribution in [0, 0.1) is 0 Å². The Morgan fingerprint density at radius 1 is 1.00 bits per heavy atom. The third kappa shape index (κ3) is 9.03. The summed E-state index contributed by atoms with van der Waals surface area (Å²) in [4.78, 5) is 68.4. The molecule has 2 aromatic rings. The second-order valence-electron chi connectivity index (χ2n) is 10.7. The van der Waals surface area contributed by atoms with Gasteiger partial charge in [0, 0.05) is 32.7 Å². The van der Waals surface area contributed by atoms with Crippen molar-refractivity contribution in [1.29, 1.82) is 0 Å². The van der Waals surface area contributed by atoms with E-state index in [2.05, 4.69) is 21.3 Å². The minimum Gasteiger partial charge on any atom is -0.493 e. The van der Waals surface area contributed by atoms with E-state index in [1.807, 2.05) is 37.3 Å². The number of fused-ring (bicyclic) bond motifs is 2.